The molecule has 0 fully saturated rings. The van der Waals surface area contributed by atoms with Gasteiger partial charge in [-0.2, -0.15) is 0 Å². The monoisotopic (exact) mass is 199 g/mol. The highest BCUT2D eigenvalue weighted by atomic mass is 28.3. The van der Waals surface area contributed by atoms with Gasteiger partial charge in [0.25, 0.3) is 0 Å². The summed E-state index contributed by atoms with van der Waals surface area (Å²) in [4.78, 5) is 0. The summed E-state index contributed by atoms with van der Waals surface area (Å²) in [7, 11) is 3.31. The number of hydrogen-bond acceptors (Lipinski definition) is 3. The molecule has 0 saturated heterocycles. The van der Waals surface area contributed by atoms with Crippen molar-refractivity contribution in [2.75, 3.05) is 21.3 Å². The van der Waals surface area contributed by atoms with Crippen LogP contribution in [0.3, 0.4) is 0 Å². The fourth-order valence-corrected chi connectivity index (χ4v) is 1.13. The third-order valence-electron chi connectivity index (χ3n) is 1.17. The van der Waals surface area contributed by atoms with Crippen LogP contribution < -0.4 is 0 Å². The minimum atomic E-state index is -1.36. The average Bonchev–Trinajstić information content (AvgIpc) is 2.24. The molecule has 0 N–H and O–H groups in total. The van der Waals surface area contributed by atoms with E-state index in [4.69, 9.17) is 13.3 Å². The molecule has 3 nitrogen and oxygen atoms in total. The van der Waals surface area contributed by atoms with Gasteiger partial charge in [-0.1, -0.05) is 36.4 Å². The summed E-state index contributed by atoms with van der Waals surface area (Å²) in [6.07, 6.45) is 0. The second-order valence-electron chi connectivity index (χ2n) is 2.02. The molecule has 0 saturated carbocycles. The molecule has 0 spiro atoms. The van der Waals surface area contributed by atoms with Crippen LogP contribution >= 0.6 is 0 Å². The second kappa shape index (κ2) is 9.41. The molecule has 0 aliphatic carbocycles. The van der Waals surface area contributed by atoms with Crippen molar-refractivity contribution in [3.05, 3.63) is 36.4 Å². The molecule has 0 unspecified atom stereocenters. The van der Waals surface area contributed by atoms with Crippen LogP contribution in [-0.2, 0) is 13.3 Å². The molecule has 0 atom stereocenters. The zero-order valence-electron chi connectivity index (χ0n) is 8.19. The summed E-state index contributed by atoms with van der Waals surface area (Å²) < 4.78 is 14.1. The lowest BCUT2D eigenvalue weighted by Gasteiger charge is -2.02. The van der Waals surface area contributed by atoms with Crippen molar-refractivity contribution in [3.8, 4) is 0 Å². The molecule has 13 heavy (non-hydrogen) atoms. The van der Waals surface area contributed by atoms with Crippen molar-refractivity contribution >= 4 is 9.53 Å². The minimum Gasteiger partial charge on any atom is -0.375 e. The Kier molecular flexibility index (Phi) is 8.91. The minimum absolute atomic E-state index is 1.36. The van der Waals surface area contributed by atoms with Gasteiger partial charge in [-0.05, 0) is 0 Å². The maximum absolute atomic E-state index is 4.71. The van der Waals surface area contributed by atoms with Gasteiger partial charge < -0.3 is 13.3 Å². The summed E-state index contributed by atoms with van der Waals surface area (Å²) in [5.41, 5.74) is 0. The molecule has 1 aromatic rings. The molecule has 0 heterocycles. The van der Waals surface area contributed by atoms with Crippen molar-refractivity contribution < 1.29 is 13.3 Å². The first-order valence-corrected chi connectivity index (χ1v) is 5.06. The van der Waals surface area contributed by atoms with Crippen molar-refractivity contribution in [1.82, 2.24) is 0 Å². The average molecular weight is 199 g/mol. The van der Waals surface area contributed by atoms with Gasteiger partial charge in [0.1, 0.15) is 0 Å². The lowest BCUT2D eigenvalue weighted by Crippen LogP contribution is -2.21. The van der Waals surface area contributed by atoms with Gasteiger partial charge in [-0.25, -0.2) is 0 Å². The third-order valence-corrected chi connectivity index (χ3v) is 2.17. The van der Waals surface area contributed by atoms with Crippen molar-refractivity contribution in [2.24, 2.45) is 0 Å². The molecule has 0 aliphatic rings. The van der Waals surface area contributed by atoms with Gasteiger partial charge >= 0.3 is 9.53 Å². The zero-order valence-corrected chi connectivity index (χ0v) is 9.19. The summed E-state index contributed by atoms with van der Waals surface area (Å²) in [6.45, 7) is 0. The molecule has 73 valence electrons. The van der Waals surface area contributed by atoms with Gasteiger partial charge in [0.2, 0.25) is 0 Å². The van der Waals surface area contributed by atoms with Crippen molar-refractivity contribution in [3.63, 3.8) is 0 Å². The largest absolute Gasteiger partial charge is 0.576 e. The highest BCUT2D eigenvalue weighted by Crippen LogP contribution is 1.81. The Balaban J connectivity index is 0.000000223. The van der Waals surface area contributed by atoms with E-state index in [0.717, 1.165) is 0 Å². The maximum atomic E-state index is 4.71. The van der Waals surface area contributed by atoms with Crippen LogP contribution in [0.1, 0.15) is 0 Å². The highest BCUT2D eigenvalue weighted by Gasteiger charge is 2.09. The highest BCUT2D eigenvalue weighted by molar-refractivity contribution is 6.36. The van der Waals surface area contributed by atoms with Crippen LogP contribution in [0.25, 0.3) is 0 Å². The molecule has 0 bridgehead atoms. The Hall–Kier alpha value is -0.683. The quantitative estimate of drug-likeness (QED) is 0.692. The van der Waals surface area contributed by atoms with Crippen LogP contribution in [0.2, 0.25) is 0 Å². The molecule has 0 aromatic heterocycles. The molecule has 0 amide bonds. The molecule has 0 aliphatic heterocycles. The van der Waals surface area contributed by atoms with Crippen molar-refractivity contribution in [2.45, 2.75) is 0 Å². The Bertz CT molecular complexity index is 145. The van der Waals surface area contributed by atoms with Gasteiger partial charge in [-0.15, -0.1) is 0 Å². The third kappa shape index (κ3) is 7.67. The Labute approximate surface area is 81.2 Å². The van der Waals surface area contributed by atoms with Crippen LogP contribution in [0.5, 0.6) is 0 Å². The van der Waals surface area contributed by atoms with E-state index in [9.17, 15) is 0 Å². The van der Waals surface area contributed by atoms with E-state index >= 15 is 0 Å². The SMILES string of the molecule is CO[Si](OC)OC.c1ccccc1. The lowest BCUT2D eigenvalue weighted by molar-refractivity contribution is 0.163. The predicted octanol–water partition coefficient (Wildman–Crippen LogP) is 1.60. The fraction of sp³-hybridized carbons (Fsp3) is 0.333. The summed E-state index contributed by atoms with van der Waals surface area (Å²) in [5, 5.41) is 0. The lowest BCUT2D eigenvalue weighted by atomic mass is 10.4. The summed E-state index contributed by atoms with van der Waals surface area (Å²) in [6, 6.07) is 12.0. The molecule has 1 aromatic carbocycles. The summed E-state index contributed by atoms with van der Waals surface area (Å²) >= 11 is 0. The molecular weight excluding hydrogens is 184 g/mol. The van der Waals surface area contributed by atoms with Crippen molar-refractivity contribution in [1.29, 1.82) is 0 Å². The molecular formula is C9H15O3Si. The molecule has 4 heteroatoms. The number of benzene rings is 1. The standard InChI is InChI=1S/C6H6.C3H9O3Si/c1-2-4-6-5-3-1;1-4-7(5-2)6-3/h1-6H;1-3H3. The van der Waals surface area contributed by atoms with Gasteiger partial charge in [0.05, 0.1) is 0 Å². The Morgan fingerprint density at radius 3 is 0.923 bits per heavy atom. The number of hydrogen-bond donors (Lipinski definition) is 0. The Morgan fingerprint density at radius 1 is 0.615 bits per heavy atom. The normalized spacial score (nSPS) is 9.23. The van der Waals surface area contributed by atoms with E-state index < -0.39 is 9.53 Å². The van der Waals surface area contributed by atoms with Crippen LogP contribution in [0, 0.1) is 0 Å². The Morgan fingerprint density at radius 2 is 0.846 bits per heavy atom. The van der Waals surface area contributed by atoms with E-state index in [1.807, 2.05) is 36.4 Å². The number of rotatable bonds is 3. The van der Waals surface area contributed by atoms with E-state index in [-0.39, 0.29) is 0 Å². The fourth-order valence-electron chi connectivity index (χ4n) is 0.635. The first-order valence-electron chi connectivity index (χ1n) is 3.84. The topological polar surface area (TPSA) is 27.7 Å². The molecule has 1 rings (SSSR count). The predicted molar refractivity (Wildman–Crippen MR) is 53.2 cm³/mol. The van der Waals surface area contributed by atoms with Gasteiger partial charge in [0, 0.05) is 21.3 Å². The summed E-state index contributed by atoms with van der Waals surface area (Å²) in [5.74, 6) is 0. The van der Waals surface area contributed by atoms with E-state index in [1.54, 1.807) is 21.3 Å². The smallest absolute Gasteiger partial charge is 0.375 e. The van der Waals surface area contributed by atoms with E-state index in [2.05, 4.69) is 0 Å². The van der Waals surface area contributed by atoms with Crippen LogP contribution in [0.4, 0.5) is 0 Å². The van der Waals surface area contributed by atoms with Crippen LogP contribution in [-0.4, -0.2) is 30.9 Å². The van der Waals surface area contributed by atoms with E-state index in [1.165, 1.54) is 0 Å². The first-order chi connectivity index (χ1) is 6.35. The van der Waals surface area contributed by atoms with Gasteiger partial charge in [-0.3, -0.25) is 0 Å². The van der Waals surface area contributed by atoms with Crippen LogP contribution in [0.15, 0.2) is 36.4 Å². The maximum Gasteiger partial charge on any atom is 0.576 e. The second-order valence-corrected chi connectivity index (χ2v) is 3.74. The first kappa shape index (κ1) is 12.3. The molecule has 1 radical (unpaired) electrons. The zero-order chi connectivity index (χ0) is 9.94. The van der Waals surface area contributed by atoms with Gasteiger partial charge in [0.15, 0.2) is 0 Å². The van der Waals surface area contributed by atoms with E-state index in [0.29, 0.717) is 0 Å².